The van der Waals surface area contributed by atoms with Crippen LogP contribution in [-0.4, -0.2) is 29.9 Å². The molecule has 2 aromatic rings. The van der Waals surface area contributed by atoms with E-state index in [0.29, 0.717) is 18.2 Å². The SMILES string of the molecule is O=C(NCC1CCCCN1Cc1ccccc1)C1CC1c1ccccc1F. The Bertz CT molecular complexity index is 779. The van der Waals surface area contributed by atoms with E-state index >= 15 is 0 Å². The summed E-state index contributed by atoms with van der Waals surface area (Å²) in [5.74, 6) is -0.154. The lowest BCUT2D eigenvalue weighted by atomic mass is 10.0. The van der Waals surface area contributed by atoms with Crippen molar-refractivity contribution in [3.8, 4) is 0 Å². The quantitative estimate of drug-likeness (QED) is 0.835. The van der Waals surface area contributed by atoms with Crippen molar-refractivity contribution < 1.29 is 9.18 Å². The molecule has 1 amide bonds. The predicted molar refractivity (Wildman–Crippen MR) is 105 cm³/mol. The topological polar surface area (TPSA) is 32.3 Å². The molecule has 4 rings (SSSR count). The summed E-state index contributed by atoms with van der Waals surface area (Å²) < 4.78 is 13.9. The van der Waals surface area contributed by atoms with Crippen LogP contribution in [0.5, 0.6) is 0 Å². The molecule has 3 atom stereocenters. The number of likely N-dealkylation sites (tertiary alicyclic amines) is 1. The highest BCUT2D eigenvalue weighted by Gasteiger charge is 2.45. The third-order valence-corrected chi connectivity index (χ3v) is 5.92. The van der Waals surface area contributed by atoms with Gasteiger partial charge in [0.2, 0.25) is 5.91 Å². The number of halogens is 1. The van der Waals surface area contributed by atoms with Gasteiger partial charge in [-0.3, -0.25) is 9.69 Å². The van der Waals surface area contributed by atoms with Gasteiger partial charge in [0.05, 0.1) is 0 Å². The van der Waals surface area contributed by atoms with Gasteiger partial charge >= 0.3 is 0 Å². The number of nitrogens with zero attached hydrogens (tertiary/aromatic N) is 1. The highest BCUT2D eigenvalue weighted by Crippen LogP contribution is 2.48. The van der Waals surface area contributed by atoms with E-state index in [9.17, 15) is 9.18 Å². The zero-order chi connectivity index (χ0) is 18.6. The van der Waals surface area contributed by atoms with E-state index in [4.69, 9.17) is 0 Å². The molecular formula is C23H27FN2O. The number of hydrogen-bond acceptors (Lipinski definition) is 2. The summed E-state index contributed by atoms with van der Waals surface area (Å²) in [4.78, 5) is 15.0. The van der Waals surface area contributed by atoms with Crippen LogP contribution >= 0.6 is 0 Å². The molecule has 1 heterocycles. The standard InChI is InChI=1S/C23H27FN2O/c24-22-12-5-4-11-19(22)20-14-21(20)23(27)25-15-18-10-6-7-13-26(18)16-17-8-2-1-3-9-17/h1-5,8-9,11-12,18,20-21H,6-7,10,13-16H2,(H,25,27). The van der Waals surface area contributed by atoms with Crippen molar-refractivity contribution in [2.45, 2.75) is 44.2 Å². The lowest BCUT2D eigenvalue weighted by molar-refractivity contribution is -0.122. The van der Waals surface area contributed by atoms with E-state index in [1.807, 2.05) is 12.1 Å². The molecule has 1 N–H and O–H groups in total. The van der Waals surface area contributed by atoms with Crippen LogP contribution in [0.4, 0.5) is 4.39 Å². The van der Waals surface area contributed by atoms with Crippen molar-refractivity contribution in [2.75, 3.05) is 13.1 Å². The van der Waals surface area contributed by atoms with Gasteiger partial charge in [0.1, 0.15) is 5.82 Å². The van der Waals surface area contributed by atoms with Crippen LogP contribution in [0, 0.1) is 11.7 Å². The van der Waals surface area contributed by atoms with Crippen LogP contribution in [0.2, 0.25) is 0 Å². The fourth-order valence-corrected chi connectivity index (χ4v) is 4.27. The first-order valence-corrected chi connectivity index (χ1v) is 10.0. The van der Waals surface area contributed by atoms with Crippen molar-refractivity contribution in [3.63, 3.8) is 0 Å². The van der Waals surface area contributed by atoms with E-state index in [0.717, 1.165) is 25.9 Å². The molecule has 1 saturated carbocycles. The highest BCUT2D eigenvalue weighted by atomic mass is 19.1. The smallest absolute Gasteiger partial charge is 0.223 e. The Kier molecular flexibility index (Phi) is 5.53. The number of nitrogens with one attached hydrogen (secondary N) is 1. The lowest BCUT2D eigenvalue weighted by Gasteiger charge is -2.36. The summed E-state index contributed by atoms with van der Waals surface area (Å²) in [6.07, 6.45) is 4.31. The lowest BCUT2D eigenvalue weighted by Crippen LogP contribution is -2.46. The first-order valence-electron chi connectivity index (χ1n) is 10.0. The summed E-state index contributed by atoms with van der Waals surface area (Å²) in [6, 6.07) is 17.7. The molecule has 142 valence electrons. The van der Waals surface area contributed by atoms with Gasteiger partial charge in [-0.05, 0) is 48.9 Å². The number of carbonyl (C=O) groups excluding carboxylic acids is 1. The van der Waals surface area contributed by atoms with Crippen LogP contribution in [0.3, 0.4) is 0 Å². The molecule has 1 aliphatic carbocycles. The average molecular weight is 366 g/mol. The van der Waals surface area contributed by atoms with E-state index < -0.39 is 0 Å². The van der Waals surface area contributed by atoms with Crippen LogP contribution in [0.15, 0.2) is 54.6 Å². The van der Waals surface area contributed by atoms with Crippen molar-refractivity contribution in [2.24, 2.45) is 5.92 Å². The molecular weight excluding hydrogens is 339 g/mol. The predicted octanol–water partition coefficient (Wildman–Crippen LogP) is 4.10. The summed E-state index contributed by atoms with van der Waals surface area (Å²) in [5.41, 5.74) is 2.00. The summed E-state index contributed by atoms with van der Waals surface area (Å²) in [5, 5.41) is 3.15. The van der Waals surface area contributed by atoms with Crippen LogP contribution < -0.4 is 5.32 Å². The summed E-state index contributed by atoms with van der Waals surface area (Å²) >= 11 is 0. The Labute approximate surface area is 160 Å². The number of hydrogen-bond donors (Lipinski definition) is 1. The number of piperidine rings is 1. The van der Waals surface area contributed by atoms with Crippen molar-refractivity contribution in [3.05, 3.63) is 71.5 Å². The second kappa shape index (κ2) is 8.22. The first-order chi connectivity index (χ1) is 13.2. The highest BCUT2D eigenvalue weighted by molar-refractivity contribution is 5.82. The normalized spacial score (nSPS) is 25.1. The van der Waals surface area contributed by atoms with Gasteiger partial charge in [-0.1, -0.05) is 55.0 Å². The Morgan fingerprint density at radius 2 is 1.85 bits per heavy atom. The van der Waals surface area contributed by atoms with E-state index in [1.54, 1.807) is 12.1 Å². The molecule has 0 aromatic heterocycles. The largest absolute Gasteiger partial charge is 0.354 e. The van der Waals surface area contributed by atoms with Crippen LogP contribution in [-0.2, 0) is 11.3 Å². The molecule has 2 aliphatic rings. The van der Waals surface area contributed by atoms with Crippen molar-refractivity contribution >= 4 is 5.91 Å². The second-order valence-corrected chi connectivity index (χ2v) is 7.82. The Hall–Kier alpha value is -2.20. The zero-order valence-electron chi connectivity index (χ0n) is 15.6. The third kappa shape index (κ3) is 4.38. The number of benzene rings is 2. The molecule has 0 radical (unpaired) electrons. The molecule has 27 heavy (non-hydrogen) atoms. The van der Waals surface area contributed by atoms with E-state index in [-0.39, 0.29) is 23.6 Å². The fourth-order valence-electron chi connectivity index (χ4n) is 4.27. The fraction of sp³-hybridized carbons (Fsp3) is 0.435. The Morgan fingerprint density at radius 3 is 2.67 bits per heavy atom. The summed E-state index contributed by atoms with van der Waals surface area (Å²) in [7, 11) is 0. The Balaban J connectivity index is 1.31. The molecule has 1 aliphatic heterocycles. The minimum absolute atomic E-state index is 0.0398. The molecule has 0 spiro atoms. The Morgan fingerprint density at radius 1 is 1.07 bits per heavy atom. The molecule has 3 unspecified atom stereocenters. The van der Waals surface area contributed by atoms with E-state index in [2.05, 4.69) is 34.5 Å². The van der Waals surface area contributed by atoms with Gasteiger partial charge in [-0.25, -0.2) is 4.39 Å². The van der Waals surface area contributed by atoms with E-state index in [1.165, 1.54) is 24.5 Å². The molecule has 2 aromatic carbocycles. The minimum atomic E-state index is -0.195. The zero-order valence-corrected chi connectivity index (χ0v) is 15.6. The number of amides is 1. The molecule has 0 bridgehead atoms. The van der Waals surface area contributed by atoms with Gasteiger partial charge < -0.3 is 5.32 Å². The maximum Gasteiger partial charge on any atom is 0.223 e. The first kappa shape index (κ1) is 18.2. The average Bonchev–Trinajstić information content (AvgIpc) is 3.49. The van der Waals surface area contributed by atoms with Crippen LogP contribution in [0.1, 0.15) is 42.7 Å². The van der Waals surface area contributed by atoms with Crippen LogP contribution in [0.25, 0.3) is 0 Å². The minimum Gasteiger partial charge on any atom is -0.354 e. The number of carbonyl (C=O) groups is 1. The third-order valence-electron chi connectivity index (χ3n) is 5.92. The number of rotatable bonds is 6. The monoisotopic (exact) mass is 366 g/mol. The van der Waals surface area contributed by atoms with Crippen molar-refractivity contribution in [1.29, 1.82) is 0 Å². The summed E-state index contributed by atoms with van der Waals surface area (Å²) in [6.45, 7) is 2.70. The molecule has 4 heteroatoms. The van der Waals surface area contributed by atoms with Crippen molar-refractivity contribution in [1.82, 2.24) is 10.2 Å². The van der Waals surface area contributed by atoms with Gasteiger partial charge in [0.15, 0.2) is 0 Å². The van der Waals surface area contributed by atoms with Gasteiger partial charge in [-0.2, -0.15) is 0 Å². The van der Waals surface area contributed by atoms with Gasteiger partial charge in [-0.15, -0.1) is 0 Å². The van der Waals surface area contributed by atoms with Gasteiger partial charge in [0, 0.05) is 25.0 Å². The molecule has 3 nitrogen and oxygen atoms in total. The maximum absolute atomic E-state index is 13.9. The molecule has 2 fully saturated rings. The second-order valence-electron chi connectivity index (χ2n) is 7.82. The van der Waals surface area contributed by atoms with Gasteiger partial charge in [0.25, 0.3) is 0 Å². The molecule has 1 saturated heterocycles. The maximum atomic E-state index is 13.9.